The van der Waals surface area contributed by atoms with Gasteiger partial charge in [0.2, 0.25) is 0 Å². The second-order valence-electron chi connectivity index (χ2n) is 4.39. The van der Waals surface area contributed by atoms with Gasteiger partial charge in [0.1, 0.15) is 11.6 Å². The third-order valence-electron chi connectivity index (χ3n) is 2.82. The van der Waals surface area contributed by atoms with E-state index in [1.807, 2.05) is 0 Å². The van der Waals surface area contributed by atoms with E-state index in [1.165, 1.54) is 0 Å². The molecule has 1 atom stereocenters. The van der Waals surface area contributed by atoms with Crippen molar-refractivity contribution < 1.29 is 22.0 Å². The van der Waals surface area contributed by atoms with Crippen LogP contribution in [0.2, 0.25) is 0 Å². The lowest BCUT2D eigenvalue weighted by Gasteiger charge is -2.14. The zero-order valence-corrected chi connectivity index (χ0v) is 11.7. The molecule has 1 N–H and O–H groups in total. The molecule has 0 radical (unpaired) electrons. The van der Waals surface area contributed by atoms with Crippen molar-refractivity contribution in [3.63, 3.8) is 0 Å². The average molecular weight is 322 g/mol. The SMILES string of the molecule is CNC(Cc1cc(F)cc(F)c1)c1cnc(C(F)(F)F)s1. The molecule has 2 rings (SSSR count). The minimum Gasteiger partial charge on any atom is -0.312 e. The molecule has 0 saturated carbocycles. The summed E-state index contributed by atoms with van der Waals surface area (Å²) in [6, 6.07) is 2.55. The first kappa shape index (κ1) is 15.8. The molecule has 2 aromatic rings. The van der Waals surface area contributed by atoms with E-state index in [0.717, 1.165) is 24.4 Å². The van der Waals surface area contributed by atoms with Gasteiger partial charge in [0.05, 0.1) is 0 Å². The van der Waals surface area contributed by atoms with Gasteiger partial charge in [-0.05, 0) is 31.2 Å². The van der Waals surface area contributed by atoms with Crippen molar-refractivity contribution in [3.8, 4) is 0 Å². The van der Waals surface area contributed by atoms with E-state index in [1.54, 1.807) is 7.05 Å². The van der Waals surface area contributed by atoms with E-state index >= 15 is 0 Å². The summed E-state index contributed by atoms with van der Waals surface area (Å²) < 4.78 is 63.8. The van der Waals surface area contributed by atoms with Crippen LogP contribution in [0.5, 0.6) is 0 Å². The number of hydrogen-bond acceptors (Lipinski definition) is 3. The summed E-state index contributed by atoms with van der Waals surface area (Å²) in [5.74, 6) is -1.44. The van der Waals surface area contributed by atoms with Crippen LogP contribution in [0.25, 0.3) is 0 Å². The summed E-state index contributed by atoms with van der Waals surface area (Å²) in [6.45, 7) is 0. The smallest absolute Gasteiger partial charge is 0.312 e. The van der Waals surface area contributed by atoms with Crippen LogP contribution in [0.15, 0.2) is 24.4 Å². The maximum Gasteiger partial charge on any atom is 0.443 e. The standard InChI is InChI=1S/C13H11F5N2S/c1-19-10(4-7-2-8(14)5-9(15)3-7)11-6-20-12(21-11)13(16,17)18/h2-3,5-6,10,19H,4H2,1H3. The third kappa shape index (κ3) is 3.98. The first-order chi connectivity index (χ1) is 9.79. The lowest BCUT2D eigenvalue weighted by molar-refractivity contribution is -0.137. The fourth-order valence-corrected chi connectivity index (χ4v) is 2.78. The maximum absolute atomic E-state index is 13.1. The van der Waals surface area contributed by atoms with Crippen LogP contribution in [0.3, 0.4) is 0 Å². The minimum atomic E-state index is -4.49. The van der Waals surface area contributed by atoms with Crippen LogP contribution in [0.1, 0.15) is 21.5 Å². The number of alkyl halides is 3. The quantitative estimate of drug-likeness (QED) is 0.863. The number of thiazole rings is 1. The lowest BCUT2D eigenvalue weighted by Crippen LogP contribution is -2.18. The van der Waals surface area contributed by atoms with Crippen molar-refractivity contribution >= 4 is 11.3 Å². The van der Waals surface area contributed by atoms with Gasteiger partial charge in [0, 0.05) is 23.2 Å². The molecule has 1 heterocycles. The minimum absolute atomic E-state index is 0.157. The number of aromatic nitrogens is 1. The highest BCUT2D eigenvalue weighted by Gasteiger charge is 2.35. The van der Waals surface area contributed by atoms with Crippen LogP contribution in [-0.2, 0) is 12.6 Å². The molecule has 0 fully saturated rings. The third-order valence-corrected chi connectivity index (χ3v) is 3.98. The summed E-state index contributed by atoms with van der Waals surface area (Å²) in [5.41, 5.74) is 0.355. The Kier molecular flexibility index (Phi) is 4.58. The monoisotopic (exact) mass is 322 g/mol. The highest BCUT2D eigenvalue weighted by atomic mass is 32.1. The number of benzene rings is 1. The molecule has 0 saturated heterocycles. The van der Waals surface area contributed by atoms with E-state index in [0.29, 0.717) is 21.8 Å². The Bertz CT molecular complexity index is 603. The number of nitrogens with zero attached hydrogens (tertiary/aromatic N) is 1. The Morgan fingerprint density at radius 3 is 2.29 bits per heavy atom. The Balaban J connectivity index is 2.22. The van der Waals surface area contributed by atoms with E-state index in [-0.39, 0.29) is 6.42 Å². The van der Waals surface area contributed by atoms with E-state index in [2.05, 4.69) is 10.3 Å². The van der Waals surface area contributed by atoms with Crippen LogP contribution >= 0.6 is 11.3 Å². The van der Waals surface area contributed by atoms with Gasteiger partial charge in [-0.25, -0.2) is 13.8 Å². The molecule has 0 amide bonds. The molecule has 8 heteroatoms. The summed E-state index contributed by atoms with van der Waals surface area (Å²) in [6.07, 6.45) is -3.21. The van der Waals surface area contributed by atoms with Gasteiger partial charge in [-0.3, -0.25) is 0 Å². The van der Waals surface area contributed by atoms with Crippen LogP contribution in [-0.4, -0.2) is 12.0 Å². The van der Waals surface area contributed by atoms with Gasteiger partial charge in [0.15, 0.2) is 5.01 Å². The lowest BCUT2D eigenvalue weighted by atomic mass is 10.0. The Hall–Kier alpha value is -1.54. The van der Waals surface area contributed by atoms with Gasteiger partial charge in [0.25, 0.3) is 0 Å². The van der Waals surface area contributed by atoms with Crippen molar-refractivity contribution in [2.75, 3.05) is 7.05 Å². The average Bonchev–Trinajstić information content (AvgIpc) is 2.84. The van der Waals surface area contributed by atoms with Crippen molar-refractivity contribution in [1.29, 1.82) is 0 Å². The number of likely N-dealkylation sites (N-methyl/N-ethyl adjacent to an activating group) is 1. The molecule has 0 spiro atoms. The molecule has 0 aliphatic heterocycles. The summed E-state index contributed by atoms with van der Waals surface area (Å²) in [5, 5.41) is 1.89. The Morgan fingerprint density at radius 1 is 1.19 bits per heavy atom. The Labute approximate surface area is 121 Å². The van der Waals surface area contributed by atoms with E-state index in [4.69, 9.17) is 0 Å². The molecular formula is C13H11F5N2S. The highest BCUT2D eigenvalue weighted by Crippen LogP contribution is 2.35. The van der Waals surface area contributed by atoms with Crippen molar-refractivity contribution in [1.82, 2.24) is 10.3 Å². The normalized spacial score (nSPS) is 13.4. The predicted octanol–water partition coefficient (Wildman–Crippen LogP) is 3.94. The molecule has 1 aromatic heterocycles. The fraction of sp³-hybridized carbons (Fsp3) is 0.308. The Morgan fingerprint density at radius 2 is 1.81 bits per heavy atom. The predicted molar refractivity (Wildman–Crippen MR) is 69.0 cm³/mol. The van der Waals surface area contributed by atoms with E-state index in [9.17, 15) is 22.0 Å². The topological polar surface area (TPSA) is 24.9 Å². The maximum atomic E-state index is 13.1. The molecule has 21 heavy (non-hydrogen) atoms. The summed E-state index contributed by atoms with van der Waals surface area (Å²) in [7, 11) is 1.56. The largest absolute Gasteiger partial charge is 0.443 e. The molecule has 1 unspecified atom stereocenters. The molecule has 1 aromatic carbocycles. The highest BCUT2D eigenvalue weighted by molar-refractivity contribution is 7.11. The van der Waals surface area contributed by atoms with Gasteiger partial charge in [-0.1, -0.05) is 0 Å². The first-order valence-corrected chi connectivity index (χ1v) is 6.76. The van der Waals surface area contributed by atoms with Crippen molar-refractivity contribution in [2.24, 2.45) is 0 Å². The van der Waals surface area contributed by atoms with Gasteiger partial charge in [-0.2, -0.15) is 13.2 Å². The van der Waals surface area contributed by atoms with Crippen LogP contribution < -0.4 is 5.32 Å². The summed E-state index contributed by atoms with van der Waals surface area (Å²) in [4.78, 5) is 3.69. The second-order valence-corrected chi connectivity index (χ2v) is 5.45. The van der Waals surface area contributed by atoms with Crippen molar-refractivity contribution in [3.05, 3.63) is 51.5 Å². The zero-order valence-electron chi connectivity index (χ0n) is 10.8. The zero-order chi connectivity index (χ0) is 15.6. The fourth-order valence-electron chi connectivity index (χ4n) is 1.89. The van der Waals surface area contributed by atoms with Crippen LogP contribution in [0.4, 0.5) is 22.0 Å². The first-order valence-electron chi connectivity index (χ1n) is 5.94. The molecular weight excluding hydrogens is 311 g/mol. The number of hydrogen-bond donors (Lipinski definition) is 1. The van der Waals surface area contributed by atoms with Crippen molar-refractivity contribution in [2.45, 2.75) is 18.6 Å². The van der Waals surface area contributed by atoms with E-state index < -0.39 is 28.9 Å². The van der Waals surface area contributed by atoms with Crippen LogP contribution in [0, 0.1) is 11.6 Å². The number of halogens is 5. The molecule has 0 bridgehead atoms. The molecule has 0 aliphatic carbocycles. The molecule has 114 valence electrons. The molecule has 2 nitrogen and oxygen atoms in total. The molecule has 0 aliphatic rings. The number of nitrogens with one attached hydrogen (secondary N) is 1. The van der Waals surface area contributed by atoms with Gasteiger partial charge < -0.3 is 5.32 Å². The number of rotatable bonds is 4. The second kappa shape index (κ2) is 6.07. The summed E-state index contributed by atoms with van der Waals surface area (Å²) >= 11 is 0.514. The van der Waals surface area contributed by atoms with Gasteiger partial charge in [-0.15, -0.1) is 11.3 Å². The van der Waals surface area contributed by atoms with Gasteiger partial charge >= 0.3 is 6.18 Å².